The number of allylic oxidation sites excluding steroid dienone is 3. The van der Waals surface area contributed by atoms with Gasteiger partial charge in [-0.1, -0.05) is 55.0 Å². The van der Waals surface area contributed by atoms with Gasteiger partial charge in [-0.3, -0.25) is 4.79 Å². The summed E-state index contributed by atoms with van der Waals surface area (Å²) in [6.07, 6.45) is 11.9. The topological polar surface area (TPSA) is 17.1 Å². The molecule has 0 radical (unpaired) electrons. The van der Waals surface area contributed by atoms with Gasteiger partial charge in [0.1, 0.15) is 0 Å². The summed E-state index contributed by atoms with van der Waals surface area (Å²) < 4.78 is 0. The van der Waals surface area contributed by atoms with Gasteiger partial charge in [0.05, 0.1) is 0 Å². The highest BCUT2D eigenvalue weighted by Gasteiger charge is 2.42. The lowest BCUT2D eigenvalue weighted by atomic mass is 9.58. The summed E-state index contributed by atoms with van der Waals surface area (Å²) in [5, 5.41) is 0. The van der Waals surface area contributed by atoms with Gasteiger partial charge in [0.2, 0.25) is 0 Å². The number of benzene rings is 1. The Kier molecular flexibility index (Phi) is 4.33. The summed E-state index contributed by atoms with van der Waals surface area (Å²) in [7, 11) is 0. The van der Waals surface area contributed by atoms with Crippen molar-refractivity contribution in [3.63, 3.8) is 0 Å². The lowest BCUT2D eigenvalue weighted by molar-refractivity contribution is -0.120. The first-order valence-corrected chi connectivity index (χ1v) is 8.52. The minimum absolute atomic E-state index is 0.208. The largest absolute Gasteiger partial charge is 0.295 e. The van der Waals surface area contributed by atoms with E-state index in [9.17, 15) is 4.79 Å². The molecule has 0 aliphatic heterocycles. The van der Waals surface area contributed by atoms with Crippen molar-refractivity contribution in [1.29, 1.82) is 0 Å². The van der Waals surface area contributed by atoms with Gasteiger partial charge in [-0.05, 0) is 62.0 Å². The molecule has 1 aromatic rings. The van der Waals surface area contributed by atoms with E-state index < -0.39 is 0 Å². The Morgan fingerprint density at radius 2 is 2.00 bits per heavy atom. The van der Waals surface area contributed by atoms with Crippen LogP contribution in [-0.4, -0.2) is 5.78 Å². The third-order valence-electron chi connectivity index (χ3n) is 5.80. The van der Waals surface area contributed by atoms with Crippen molar-refractivity contribution in [3.8, 4) is 0 Å². The molecular formula is C21H26O. The van der Waals surface area contributed by atoms with E-state index in [4.69, 9.17) is 0 Å². The molecule has 1 saturated carbocycles. The Hall–Kier alpha value is -1.63. The third kappa shape index (κ3) is 3.09. The fourth-order valence-electron chi connectivity index (χ4n) is 4.31. The van der Waals surface area contributed by atoms with Crippen LogP contribution in [0.5, 0.6) is 0 Å². The lowest BCUT2D eigenvalue weighted by Crippen LogP contribution is -2.38. The van der Waals surface area contributed by atoms with Crippen molar-refractivity contribution in [3.05, 3.63) is 53.6 Å². The molecular weight excluding hydrogens is 268 g/mol. The van der Waals surface area contributed by atoms with Crippen LogP contribution in [0.4, 0.5) is 0 Å². The van der Waals surface area contributed by atoms with Crippen LogP contribution >= 0.6 is 0 Å². The average molecular weight is 294 g/mol. The monoisotopic (exact) mass is 294 g/mol. The van der Waals surface area contributed by atoms with Crippen molar-refractivity contribution >= 4 is 11.9 Å². The molecule has 2 aliphatic carbocycles. The molecule has 0 saturated heterocycles. The van der Waals surface area contributed by atoms with Gasteiger partial charge < -0.3 is 0 Å². The zero-order chi connectivity index (χ0) is 15.6. The first-order chi connectivity index (χ1) is 10.6. The molecule has 0 amide bonds. The maximum atomic E-state index is 12.6. The molecule has 1 nitrogen and oxygen atoms in total. The van der Waals surface area contributed by atoms with E-state index >= 15 is 0 Å². The van der Waals surface area contributed by atoms with Crippen LogP contribution in [0.15, 0.2) is 48.1 Å². The van der Waals surface area contributed by atoms with Gasteiger partial charge in [0.25, 0.3) is 0 Å². The van der Waals surface area contributed by atoms with E-state index in [0.29, 0.717) is 17.1 Å². The lowest BCUT2D eigenvalue weighted by Gasteiger charge is -2.47. The molecule has 1 heteroatoms. The summed E-state index contributed by atoms with van der Waals surface area (Å²) in [6, 6.07) is 10.1. The van der Waals surface area contributed by atoms with Crippen LogP contribution in [0.25, 0.3) is 6.08 Å². The maximum absolute atomic E-state index is 12.6. The number of hydrogen-bond acceptors (Lipinski definition) is 1. The minimum atomic E-state index is 0.208. The molecule has 0 aromatic heterocycles. The number of rotatable bonds is 3. The standard InChI is InChI=1S/C21H26O/c1-16-7-6-13-21(2)14-12-18(15-19(16)21)20(22)11-10-17-8-4-3-5-9-17/h3-5,7-11,18-19H,6,12-15H2,1-2H3/b11-10+/t18-,19+,21-/m0/s1. The zero-order valence-corrected chi connectivity index (χ0v) is 13.7. The summed E-state index contributed by atoms with van der Waals surface area (Å²) in [5.41, 5.74) is 3.04. The van der Waals surface area contributed by atoms with Crippen molar-refractivity contribution < 1.29 is 4.79 Å². The van der Waals surface area contributed by atoms with Crippen LogP contribution in [0.3, 0.4) is 0 Å². The highest BCUT2D eigenvalue weighted by atomic mass is 16.1. The quantitative estimate of drug-likeness (QED) is 0.536. The number of ketones is 1. The second-order valence-corrected chi connectivity index (χ2v) is 7.31. The van der Waals surface area contributed by atoms with Crippen molar-refractivity contribution in [2.45, 2.75) is 46.0 Å². The predicted octanol–water partition coefficient (Wildman–Crippen LogP) is 5.43. The number of carbonyl (C=O) groups excluding carboxylic acids is 1. The summed E-state index contributed by atoms with van der Waals surface area (Å²) in [4.78, 5) is 12.6. The number of carbonyl (C=O) groups is 1. The van der Waals surface area contributed by atoms with Crippen molar-refractivity contribution in [2.75, 3.05) is 0 Å². The summed E-state index contributed by atoms with van der Waals surface area (Å²) in [5.74, 6) is 1.12. The van der Waals surface area contributed by atoms with E-state index in [-0.39, 0.29) is 5.92 Å². The van der Waals surface area contributed by atoms with Crippen LogP contribution < -0.4 is 0 Å². The van der Waals surface area contributed by atoms with E-state index in [1.54, 1.807) is 6.08 Å². The normalized spacial score (nSPS) is 31.6. The Bertz CT molecular complexity index is 596. The van der Waals surface area contributed by atoms with Gasteiger partial charge in [-0.15, -0.1) is 0 Å². The van der Waals surface area contributed by atoms with Crippen LogP contribution in [0.2, 0.25) is 0 Å². The molecule has 2 aliphatic rings. The molecule has 3 rings (SSSR count). The number of hydrogen-bond donors (Lipinski definition) is 0. The highest BCUT2D eigenvalue weighted by molar-refractivity contribution is 5.95. The van der Waals surface area contributed by atoms with Gasteiger partial charge in [-0.2, -0.15) is 0 Å². The molecule has 1 aromatic carbocycles. The highest BCUT2D eigenvalue weighted by Crippen LogP contribution is 2.52. The smallest absolute Gasteiger partial charge is 0.158 e. The predicted molar refractivity (Wildman–Crippen MR) is 92.4 cm³/mol. The summed E-state index contributed by atoms with van der Waals surface area (Å²) in [6.45, 7) is 4.68. The Balaban J connectivity index is 1.69. The molecule has 1 fully saturated rings. The fraction of sp³-hybridized carbons (Fsp3) is 0.476. The van der Waals surface area contributed by atoms with Crippen molar-refractivity contribution in [2.24, 2.45) is 17.3 Å². The zero-order valence-electron chi connectivity index (χ0n) is 13.7. The molecule has 0 heterocycles. The Labute approximate surface area is 134 Å². The van der Waals surface area contributed by atoms with E-state index in [0.717, 1.165) is 18.4 Å². The molecule has 0 spiro atoms. The molecule has 3 atom stereocenters. The minimum Gasteiger partial charge on any atom is -0.295 e. The molecule has 0 unspecified atom stereocenters. The number of fused-ring (bicyclic) bond motifs is 1. The molecule has 0 bridgehead atoms. The van der Waals surface area contributed by atoms with Gasteiger partial charge in [-0.25, -0.2) is 0 Å². The molecule has 22 heavy (non-hydrogen) atoms. The first-order valence-electron chi connectivity index (χ1n) is 8.52. The first kappa shape index (κ1) is 15.3. The molecule has 116 valence electrons. The Morgan fingerprint density at radius 3 is 2.77 bits per heavy atom. The Morgan fingerprint density at radius 1 is 1.23 bits per heavy atom. The SMILES string of the molecule is CC1=CCC[C@@]2(C)CC[C@H](C(=O)/C=C/c3ccccc3)C[C@H]12. The van der Waals surface area contributed by atoms with Crippen LogP contribution in [-0.2, 0) is 4.79 Å². The van der Waals surface area contributed by atoms with Gasteiger partial charge >= 0.3 is 0 Å². The average Bonchev–Trinajstić information content (AvgIpc) is 2.53. The fourth-order valence-corrected chi connectivity index (χ4v) is 4.31. The summed E-state index contributed by atoms with van der Waals surface area (Å²) >= 11 is 0. The second kappa shape index (κ2) is 6.24. The molecule has 0 N–H and O–H groups in total. The van der Waals surface area contributed by atoms with Crippen molar-refractivity contribution in [1.82, 2.24) is 0 Å². The van der Waals surface area contributed by atoms with Crippen LogP contribution in [0, 0.1) is 17.3 Å². The van der Waals surface area contributed by atoms with E-state index in [1.807, 2.05) is 36.4 Å². The maximum Gasteiger partial charge on any atom is 0.158 e. The second-order valence-electron chi connectivity index (χ2n) is 7.31. The van der Waals surface area contributed by atoms with E-state index in [1.165, 1.54) is 24.8 Å². The van der Waals surface area contributed by atoms with E-state index in [2.05, 4.69) is 19.9 Å². The third-order valence-corrected chi connectivity index (χ3v) is 5.80. The van der Waals surface area contributed by atoms with Gasteiger partial charge in [0, 0.05) is 5.92 Å². The van der Waals surface area contributed by atoms with Gasteiger partial charge in [0.15, 0.2) is 5.78 Å². The van der Waals surface area contributed by atoms with Crippen LogP contribution in [0.1, 0.15) is 51.5 Å².